The van der Waals surface area contributed by atoms with E-state index in [9.17, 15) is 0 Å². The Morgan fingerprint density at radius 1 is 0.370 bits per heavy atom. The zero-order valence-electron chi connectivity index (χ0n) is 24.6. The molecule has 0 atom stereocenters. The van der Waals surface area contributed by atoms with Crippen LogP contribution >= 0.6 is 0 Å². The summed E-state index contributed by atoms with van der Waals surface area (Å²) < 4.78 is 6.03. The van der Waals surface area contributed by atoms with Crippen LogP contribution in [0.25, 0.3) is 50.3 Å². The van der Waals surface area contributed by atoms with E-state index in [-0.39, 0.29) is 20.1 Å². The molecule has 7 heteroatoms. The van der Waals surface area contributed by atoms with Gasteiger partial charge in [0, 0.05) is 52.2 Å². The molecule has 3 aromatic carbocycles. The van der Waals surface area contributed by atoms with Crippen LogP contribution in [0.3, 0.4) is 0 Å². The van der Waals surface area contributed by atoms with Crippen LogP contribution < -0.4 is 0 Å². The summed E-state index contributed by atoms with van der Waals surface area (Å²) in [6.45, 7) is 0. The Morgan fingerprint density at radius 3 is 0.957 bits per heavy atom. The van der Waals surface area contributed by atoms with E-state index in [1.807, 2.05) is 160 Å². The SMILES string of the molecule is [Ir+3].[c-]1ccccc1-c1ncn2ccccc12.[c-]1ccccc1-c1ncn2ccccc12.[c-]1ccccc1-c1ncn2ccccc12. The molecule has 9 rings (SSSR count). The number of fused-ring (bicyclic) bond motifs is 3. The fourth-order valence-corrected chi connectivity index (χ4v) is 5.07. The van der Waals surface area contributed by atoms with Gasteiger partial charge >= 0.3 is 20.1 Å². The second kappa shape index (κ2) is 14.4. The minimum absolute atomic E-state index is 0. The van der Waals surface area contributed by atoms with Crippen LogP contribution in [0.5, 0.6) is 0 Å². The Hall–Kier alpha value is -5.62. The van der Waals surface area contributed by atoms with Crippen molar-refractivity contribution in [3.8, 4) is 33.8 Å². The van der Waals surface area contributed by atoms with E-state index >= 15 is 0 Å². The van der Waals surface area contributed by atoms with Crippen LogP contribution in [-0.2, 0) is 20.1 Å². The van der Waals surface area contributed by atoms with Crippen molar-refractivity contribution in [2.45, 2.75) is 0 Å². The number of hydrogen-bond donors (Lipinski definition) is 0. The summed E-state index contributed by atoms with van der Waals surface area (Å²) >= 11 is 0. The molecule has 46 heavy (non-hydrogen) atoms. The Balaban J connectivity index is 0.000000120. The van der Waals surface area contributed by atoms with Gasteiger partial charge in [0.2, 0.25) is 0 Å². The van der Waals surface area contributed by atoms with Crippen LogP contribution in [0.4, 0.5) is 0 Å². The van der Waals surface area contributed by atoms with E-state index in [4.69, 9.17) is 0 Å². The molecule has 0 fully saturated rings. The number of benzene rings is 3. The molecule has 0 spiro atoms. The first-order chi connectivity index (χ1) is 22.3. The predicted octanol–water partition coefficient (Wildman–Crippen LogP) is 8.40. The molecule has 6 heterocycles. The number of aromatic nitrogens is 6. The second-order valence-corrected chi connectivity index (χ2v) is 10.1. The van der Waals surface area contributed by atoms with E-state index in [1.165, 1.54) is 0 Å². The molecular weight excluding hydrogens is 745 g/mol. The number of hydrogen-bond acceptors (Lipinski definition) is 3. The number of pyridine rings is 3. The predicted molar refractivity (Wildman–Crippen MR) is 178 cm³/mol. The Kier molecular flexibility index (Phi) is 9.55. The summed E-state index contributed by atoms with van der Waals surface area (Å²) in [6.07, 6.45) is 11.5. The Morgan fingerprint density at radius 2 is 0.674 bits per heavy atom. The van der Waals surface area contributed by atoms with E-state index in [0.29, 0.717) is 0 Å². The smallest absolute Gasteiger partial charge is 0.315 e. The molecule has 6 aromatic heterocycles. The summed E-state index contributed by atoms with van der Waals surface area (Å²) in [7, 11) is 0. The Labute approximate surface area is 280 Å². The maximum Gasteiger partial charge on any atom is 3.00 e. The number of rotatable bonds is 3. The van der Waals surface area contributed by atoms with Gasteiger partial charge in [0.25, 0.3) is 0 Å². The van der Waals surface area contributed by atoms with E-state index in [2.05, 4.69) is 51.4 Å². The summed E-state index contributed by atoms with van der Waals surface area (Å²) in [5.74, 6) is 0. The topological polar surface area (TPSA) is 51.9 Å². The van der Waals surface area contributed by atoms with Gasteiger partial charge in [-0.05, 0) is 36.4 Å². The second-order valence-electron chi connectivity index (χ2n) is 10.1. The fraction of sp³-hybridized carbons (Fsp3) is 0. The monoisotopic (exact) mass is 772 g/mol. The minimum atomic E-state index is 0. The fourth-order valence-electron chi connectivity index (χ4n) is 5.07. The molecule has 222 valence electrons. The third-order valence-electron chi connectivity index (χ3n) is 7.22. The van der Waals surface area contributed by atoms with E-state index < -0.39 is 0 Å². The van der Waals surface area contributed by atoms with E-state index in [0.717, 1.165) is 50.3 Å². The minimum Gasteiger partial charge on any atom is -0.315 e. The molecular formula is C39H27IrN6. The van der Waals surface area contributed by atoms with Crippen molar-refractivity contribution in [1.82, 2.24) is 28.2 Å². The maximum absolute atomic E-state index is 4.40. The average Bonchev–Trinajstić information content (AvgIpc) is 3.87. The zero-order valence-corrected chi connectivity index (χ0v) is 27.0. The zero-order chi connectivity index (χ0) is 30.3. The van der Waals surface area contributed by atoms with Gasteiger partial charge in [0.15, 0.2) is 0 Å². The van der Waals surface area contributed by atoms with Gasteiger partial charge < -0.3 is 13.2 Å². The van der Waals surface area contributed by atoms with Gasteiger partial charge in [0.1, 0.15) is 0 Å². The molecule has 0 aliphatic rings. The van der Waals surface area contributed by atoms with Crippen molar-refractivity contribution >= 4 is 16.6 Å². The van der Waals surface area contributed by atoms with Crippen LogP contribution in [0.2, 0.25) is 0 Å². The van der Waals surface area contributed by atoms with Crippen LogP contribution in [-0.4, -0.2) is 28.2 Å². The molecule has 0 bridgehead atoms. The largest absolute Gasteiger partial charge is 3.00 e. The van der Waals surface area contributed by atoms with Crippen molar-refractivity contribution in [1.29, 1.82) is 0 Å². The first kappa shape index (κ1) is 30.4. The first-order valence-electron chi connectivity index (χ1n) is 14.5. The first-order valence-corrected chi connectivity index (χ1v) is 14.5. The summed E-state index contributed by atoms with van der Waals surface area (Å²) in [4.78, 5) is 13.2. The van der Waals surface area contributed by atoms with E-state index in [1.54, 1.807) is 0 Å². The molecule has 0 amide bonds. The number of nitrogens with zero attached hydrogens (tertiary/aromatic N) is 6. The van der Waals surface area contributed by atoms with Gasteiger partial charge in [-0.3, -0.25) is 15.0 Å². The third-order valence-corrected chi connectivity index (χ3v) is 7.22. The molecule has 0 aliphatic carbocycles. The van der Waals surface area contributed by atoms with Crippen molar-refractivity contribution < 1.29 is 20.1 Å². The summed E-state index contributed by atoms with van der Waals surface area (Å²) in [6, 6.07) is 51.4. The van der Waals surface area contributed by atoms with Crippen LogP contribution in [0, 0.1) is 18.2 Å². The Bertz CT molecular complexity index is 2010. The van der Waals surface area contributed by atoms with Crippen molar-refractivity contribution in [2.75, 3.05) is 0 Å². The molecule has 9 aromatic rings. The molecule has 6 nitrogen and oxygen atoms in total. The molecule has 0 unspecified atom stereocenters. The van der Waals surface area contributed by atoms with Crippen molar-refractivity contribution in [3.63, 3.8) is 0 Å². The molecule has 0 saturated heterocycles. The molecule has 0 aliphatic heterocycles. The summed E-state index contributed by atoms with van der Waals surface area (Å²) in [5.41, 5.74) is 9.38. The third kappa shape index (κ3) is 6.56. The molecule has 0 radical (unpaired) electrons. The van der Waals surface area contributed by atoms with Crippen molar-refractivity contribution in [3.05, 3.63) is 183 Å². The van der Waals surface area contributed by atoms with Gasteiger partial charge in [-0.2, -0.15) is 0 Å². The normalized spacial score (nSPS) is 10.4. The molecule has 0 N–H and O–H groups in total. The standard InChI is InChI=1S/3C13H9N2.Ir/c3*1-2-6-11(7-3-1)13-12-8-4-5-9-15(12)10-14-13;/h3*1-6,8-10H;/q3*-1;+3. The van der Waals surface area contributed by atoms with Gasteiger partial charge in [0.05, 0.1) is 19.0 Å². The average molecular weight is 772 g/mol. The maximum atomic E-state index is 4.40. The summed E-state index contributed by atoms with van der Waals surface area (Å²) in [5, 5.41) is 0. The van der Waals surface area contributed by atoms with Crippen LogP contribution in [0.1, 0.15) is 0 Å². The van der Waals surface area contributed by atoms with Crippen molar-refractivity contribution in [2.24, 2.45) is 0 Å². The quantitative estimate of drug-likeness (QED) is 0.170. The number of imidazole rings is 3. The van der Waals surface area contributed by atoms with Gasteiger partial charge in [-0.15, -0.1) is 108 Å². The van der Waals surface area contributed by atoms with Gasteiger partial charge in [-0.1, -0.05) is 18.2 Å². The van der Waals surface area contributed by atoms with Gasteiger partial charge in [-0.25, -0.2) is 0 Å². The van der Waals surface area contributed by atoms with Crippen LogP contribution in [0.15, 0.2) is 165 Å². The molecule has 0 saturated carbocycles.